The van der Waals surface area contributed by atoms with Gasteiger partial charge in [0.2, 0.25) is 0 Å². The van der Waals surface area contributed by atoms with E-state index >= 15 is 0 Å². The molecule has 0 bridgehead atoms. The van der Waals surface area contributed by atoms with E-state index < -0.39 is 5.60 Å². The fourth-order valence-corrected chi connectivity index (χ4v) is 1.41. The lowest BCUT2D eigenvalue weighted by molar-refractivity contribution is 0.0863. The topological polar surface area (TPSA) is 52.8 Å². The van der Waals surface area contributed by atoms with E-state index in [0.717, 1.165) is 12.8 Å². The second-order valence-corrected chi connectivity index (χ2v) is 3.22. The Labute approximate surface area is 74.1 Å². The maximum Gasteiger partial charge on any atom is 0.106 e. The molecule has 0 heterocycles. The summed E-state index contributed by atoms with van der Waals surface area (Å²) in [5.41, 5.74) is -0.468. The lowest BCUT2D eigenvalue weighted by atomic mass is 9.88. The molecule has 0 atom stereocenters. The van der Waals surface area contributed by atoms with Crippen LogP contribution in [-0.4, -0.2) is 21.6 Å². The highest BCUT2D eigenvalue weighted by Crippen LogP contribution is 2.21. The smallest absolute Gasteiger partial charge is 0.106 e. The molecule has 0 amide bonds. The van der Waals surface area contributed by atoms with Gasteiger partial charge in [-0.2, -0.15) is 0 Å². The highest BCUT2D eigenvalue weighted by Gasteiger charge is 2.28. The zero-order valence-corrected chi connectivity index (χ0v) is 8.17. The van der Waals surface area contributed by atoms with Crippen molar-refractivity contribution in [3.8, 4) is 0 Å². The molecule has 0 unspecified atom stereocenters. The maximum atomic E-state index is 9.99. The van der Waals surface area contributed by atoms with Crippen LogP contribution in [0.2, 0.25) is 0 Å². The van der Waals surface area contributed by atoms with Crippen molar-refractivity contribution >= 4 is 5.71 Å². The minimum atomic E-state index is -0.891. The summed E-state index contributed by atoms with van der Waals surface area (Å²) in [4.78, 5) is 0. The molecule has 0 aromatic carbocycles. The molecule has 0 aliphatic carbocycles. The molecule has 2 N–H and O–H groups in total. The van der Waals surface area contributed by atoms with E-state index in [-0.39, 0.29) is 0 Å². The van der Waals surface area contributed by atoms with Crippen molar-refractivity contribution in [2.75, 3.05) is 0 Å². The van der Waals surface area contributed by atoms with Crippen molar-refractivity contribution in [2.45, 2.75) is 52.1 Å². The Morgan fingerprint density at radius 3 is 1.92 bits per heavy atom. The van der Waals surface area contributed by atoms with Crippen molar-refractivity contribution in [1.82, 2.24) is 0 Å². The highest BCUT2D eigenvalue weighted by atomic mass is 16.4. The molecule has 0 aliphatic rings. The van der Waals surface area contributed by atoms with Gasteiger partial charge in [-0.25, -0.2) is 0 Å². The molecule has 72 valence electrons. The van der Waals surface area contributed by atoms with Crippen molar-refractivity contribution in [3.05, 3.63) is 0 Å². The van der Waals surface area contributed by atoms with Crippen LogP contribution in [0.15, 0.2) is 5.16 Å². The van der Waals surface area contributed by atoms with Gasteiger partial charge in [0, 0.05) is 0 Å². The molecule has 3 nitrogen and oxygen atoms in total. The van der Waals surface area contributed by atoms with E-state index in [1.807, 2.05) is 13.8 Å². The van der Waals surface area contributed by atoms with Gasteiger partial charge < -0.3 is 10.3 Å². The molecule has 0 aromatic heterocycles. The third kappa shape index (κ3) is 2.81. The molecule has 0 saturated heterocycles. The number of hydrogen-bond acceptors (Lipinski definition) is 3. The van der Waals surface area contributed by atoms with E-state index in [0.29, 0.717) is 18.6 Å². The summed E-state index contributed by atoms with van der Waals surface area (Å²) in [6, 6.07) is 0. The number of oxime groups is 1. The predicted molar refractivity (Wildman–Crippen MR) is 49.7 cm³/mol. The summed E-state index contributed by atoms with van der Waals surface area (Å²) in [6.07, 6.45) is 3.11. The van der Waals surface area contributed by atoms with E-state index in [4.69, 9.17) is 5.21 Å². The molecule has 0 fully saturated rings. The average molecular weight is 173 g/mol. The highest BCUT2D eigenvalue weighted by molar-refractivity contribution is 5.89. The summed E-state index contributed by atoms with van der Waals surface area (Å²) in [7, 11) is 0. The molecule has 3 heteroatoms. The summed E-state index contributed by atoms with van der Waals surface area (Å²) >= 11 is 0. The quantitative estimate of drug-likeness (QED) is 0.380. The Kier molecular flexibility index (Phi) is 4.90. The van der Waals surface area contributed by atoms with Gasteiger partial charge >= 0.3 is 0 Å². The Morgan fingerprint density at radius 1 is 1.25 bits per heavy atom. The van der Waals surface area contributed by atoms with Gasteiger partial charge in [0.15, 0.2) is 0 Å². The molecule has 0 spiro atoms. The Balaban J connectivity index is 4.37. The van der Waals surface area contributed by atoms with E-state index in [1.165, 1.54) is 0 Å². The average Bonchev–Trinajstić information content (AvgIpc) is 2.04. The molecular weight excluding hydrogens is 154 g/mol. The molecule has 0 aromatic rings. The van der Waals surface area contributed by atoms with Gasteiger partial charge in [0.05, 0.1) is 5.71 Å². The predicted octanol–water partition coefficient (Wildman–Crippen LogP) is 2.17. The standard InChI is InChI=1S/C9H19NO2/c1-4-6-9(11,7-5-2)8(3)10-12/h11-12H,4-7H2,1-3H3/b10-8-. The van der Waals surface area contributed by atoms with Gasteiger partial charge in [-0.05, 0) is 19.8 Å². The molecule has 0 aliphatic heterocycles. The van der Waals surface area contributed by atoms with E-state index in [9.17, 15) is 5.11 Å². The van der Waals surface area contributed by atoms with Crippen LogP contribution < -0.4 is 0 Å². The van der Waals surface area contributed by atoms with E-state index in [1.54, 1.807) is 6.92 Å². The Morgan fingerprint density at radius 2 is 1.67 bits per heavy atom. The molecule has 12 heavy (non-hydrogen) atoms. The van der Waals surface area contributed by atoms with E-state index in [2.05, 4.69) is 5.16 Å². The second kappa shape index (κ2) is 5.14. The van der Waals surface area contributed by atoms with Crippen molar-refractivity contribution in [1.29, 1.82) is 0 Å². The first-order chi connectivity index (χ1) is 5.60. The summed E-state index contributed by atoms with van der Waals surface area (Å²) in [5, 5.41) is 21.6. The van der Waals surface area contributed by atoms with Gasteiger partial charge in [0.25, 0.3) is 0 Å². The van der Waals surface area contributed by atoms with Crippen molar-refractivity contribution in [3.63, 3.8) is 0 Å². The monoisotopic (exact) mass is 173 g/mol. The van der Waals surface area contributed by atoms with Crippen molar-refractivity contribution in [2.24, 2.45) is 5.16 Å². The van der Waals surface area contributed by atoms with Crippen molar-refractivity contribution < 1.29 is 10.3 Å². The fourth-order valence-electron chi connectivity index (χ4n) is 1.41. The van der Waals surface area contributed by atoms with Crippen LogP contribution in [0, 0.1) is 0 Å². The zero-order valence-electron chi connectivity index (χ0n) is 8.17. The van der Waals surface area contributed by atoms with Gasteiger partial charge in [-0.3, -0.25) is 0 Å². The lowest BCUT2D eigenvalue weighted by Gasteiger charge is -2.26. The fraction of sp³-hybridized carbons (Fsp3) is 0.889. The third-order valence-electron chi connectivity index (χ3n) is 2.15. The maximum absolute atomic E-state index is 9.99. The summed E-state index contributed by atoms with van der Waals surface area (Å²) in [6.45, 7) is 5.67. The number of hydrogen-bond donors (Lipinski definition) is 2. The van der Waals surface area contributed by atoms with Crippen LogP contribution in [0.3, 0.4) is 0 Å². The second-order valence-electron chi connectivity index (χ2n) is 3.22. The molecular formula is C9H19NO2. The first-order valence-electron chi connectivity index (χ1n) is 4.52. The van der Waals surface area contributed by atoms with Gasteiger partial charge in [-0.1, -0.05) is 31.8 Å². The van der Waals surface area contributed by atoms with Crippen LogP contribution in [0.4, 0.5) is 0 Å². The first kappa shape index (κ1) is 11.4. The number of aliphatic hydroxyl groups is 1. The van der Waals surface area contributed by atoms with Crippen LogP contribution in [0.5, 0.6) is 0 Å². The van der Waals surface area contributed by atoms with Crippen LogP contribution in [0.1, 0.15) is 46.5 Å². The Hall–Kier alpha value is -0.570. The minimum absolute atomic E-state index is 0.422. The first-order valence-corrected chi connectivity index (χ1v) is 4.52. The normalized spacial score (nSPS) is 13.5. The van der Waals surface area contributed by atoms with Gasteiger partial charge in [0.1, 0.15) is 5.60 Å². The van der Waals surface area contributed by atoms with Crippen LogP contribution >= 0.6 is 0 Å². The summed E-state index contributed by atoms with van der Waals surface area (Å²) < 4.78 is 0. The molecule has 0 radical (unpaired) electrons. The Bertz CT molecular complexity index is 149. The van der Waals surface area contributed by atoms with Crippen LogP contribution in [-0.2, 0) is 0 Å². The zero-order chi connectivity index (χ0) is 9.61. The summed E-state index contributed by atoms with van der Waals surface area (Å²) in [5.74, 6) is 0. The molecule has 0 rings (SSSR count). The van der Waals surface area contributed by atoms with Crippen LogP contribution in [0.25, 0.3) is 0 Å². The number of nitrogens with zero attached hydrogens (tertiary/aromatic N) is 1. The minimum Gasteiger partial charge on any atom is -0.411 e. The molecule has 0 saturated carbocycles. The SMILES string of the molecule is CCCC(O)(CCC)/C(C)=N\O. The number of rotatable bonds is 5. The third-order valence-corrected chi connectivity index (χ3v) is 2.15. The van der Waals surface area contributed by atoms with Gasteiger partial charge in [-0.15, -0.1) is 0 Å². The largest absolute Gasteiger partial charge is 0.411 e. The lowest BCUT2D eigenvalue weighted by Crippen LogP contribution is -2.36.